The van der Waals surface area contributed by atoms with Crippen molar-refractivity contribution in [1.82, 2.24) is 5.32 Å². The number of amides is 1. The third kappa shape index (κ3) is 5.62. The molecule has 0 bridgehead atoms. The molecule has 4 nitrogen and oxygen atoms in total. The van der Waals surface area contributed by atoms with Gasteiger partial charge in [0.05, 0.1) is 5.92 Å². The van der Waals surface area contributed by atoms with Crippen LogP contribution in [0.25, 0.3) is 0 Å². The summed E-state index contributed by atoms with van der Waals surface area (Å²) in [5.74, 6) is -1.18. The van der Waals surface area contributed by atoms with E-state index < -0.39 is 5.97 Å². The van der Waals surface area contributed by atoms with Crippen molar-refractivity contribution in [3.8, 4) is 0 Å². The molecular formula is C15H27NO3. The van der Waals surface area contributed by atoms with Crippen LogP contribution in [0, 0.1) is 17.3 Å². The number of carbonyl (C=O) groups is 2. The van der Waals surface area contributed by atoms with E-state index in [0.717, 1.165) is 12.8 Å². The van der Waals surface area contributed by atoms with Gasteiger partial charge in [-0.3, -0.25) is 9.59 Å². The monoisotopic (exact) mass is 269 g/mol. The van der Waals surface area contributed by atoms with Crippen LogP contribution >= 0.6 is 0 Å². The minimum Gasteiger partial charge on any atom is -0.481 e. The molecule has 0 aromatic heterocycles. The number of nitrogens with one attached hydrogen (secondary N) is 1. The zero-order chi connectivity index (χ0) is 14.6. The van der Waals surface area contributed by atoms with Crippen molar-refractivity contribution in [3.05, 3.63) is 0 Å². The molecule has 1 aliphatic rings. The predicted octanol–water partition coefficient (Wildman–Crippen LogP) is 2.82. The van der Waals surface area contributed by atoms with Gasteiger partial charge < -0.3 is 10.4 Å². The molecule has 0 aromatic carbocycles. The lowest BCUT2D eigenvalue weighted by Gasteiger charge is -2.22. The van der Waals surface area contributed by atoms with Gasteiger partial charge in [0.1, 0.15) is 0 Å². The van der Waals surface area contributed by atoms with Gasteiger partial charge in [0, 0.05) is 12.0 Å². The Morgan fingerprint density at radius 3 is 2.32 bits per heavy atom. The molecule has 3 atom stereocenters. The third-order valence-electron chi connectivity index (χ3n) is 3.87. The number of hydrogen-bond donors (Lipinski definition) is 2. The summed E-state index contributed by atoms with van der Waals surface area (Å²) in [6.07, 6.45) is 3.85. The summed E-state index contributed by atoms with van der Waals surface area (Å²) < 4.78 is 0. The van der Waals surface area contributed by atoms with E-state index in [0.29, 0.717) is 19.3 Å². The van der Waals surface area contributed by atoms with E-state index >= 15 is 0 Å². The van der Waals surface area contributed by atoms with Gasteiger partial charge in [-0.25, -0.2) is 0 Å². The van der Waals surface area contributed by atoms with E-state index in [1.165, 1.54) is 0 Å². The lowest BCUT2D eigenvalue weighted by Crippen LogP contribution is -2.37. The van der Waals surface area contributed by atoms with Gasteiger partial charge in [0.15, 0.2) is 0 Å². The van der Waals surface area contributed by atoms with E-state index in [4.69, 9.17) is 5.11 Å². The maximum absolute atomic E-state index is 12.0. The van der Waals surface area contributed by atoms with Gasteiger partial charge in [-0.2, -0.15) is 0 Å². The lowest BCUT2D eigenvalue weighted by molar-refractivity contribution is -0.141. The smallest absolute Gasteiger partial charge is 0.306 e. The Kier molecular flexibility index (Phi) is 5.39. The van der Waals surface area contributed by atoms with Crippen LogP contribution < -0.4 is 5.32 Å². The van der Waals surface area contributed by atoms with Crippen molar-refractivity contribution in [2.75, 3.05) is 0 Å². The van der Waals surface area contributed by atoms with Crippen molar-refractivity contribution in [1.29, 1.82) is 0 Å². The quantitative estimate of drug-likeness (QED) is 0.806. The highest BCUT2D eigenvalue weighted by Crippen LogP contribution is 2.31. The molecular weight excluding hydrogens is 242 g/mol. The topological polar surface area (TPSA) is 66.4 Å². The van der Waals surface area contributed by atoms with Gasteiger partial charge in [-0.05, 0) is 44.4 Å². The molecule has 1 aliphatic carbocycles. The van der Waals surface area contributed by atoms with E-state index in [9.17, 15) is 9.59 Å². The number of aliphatic carboxylic acids is 1. The molecule has 0 heterocycles. The second kappa shape index (κ2) is 6.40. The zero-order valence-electron chi connectivity index (χ0n) is 12.5. The van der Waals surface area contributed by atoms with Crippen LogP contribution in [-0.2, 0) is 9.59 Å². The fraction of sp³-hybridized carbons (Fsp3) is 0.867. The zero-order valence-corrected chi connectivity index (χ0v) is 12.5. The Bertz CT molecular complexity index is 333. The highest BCUT2D eigenvalue weighted by Gasteiger charge is 2.34. The molecule has 2 N–H and O–H groups in total. The van der Waals surface area contributed by atoms with Crippen LogP contribution in [-0.4, -0.2) is 23.0 Å². The number of hydrogen-bond acceptors (Lipinski definition) is 2. The maximum atomic E-state index is 12.0. The van der Waals surface area contributed by atoms with Crippen LogP contribution in [0.15, 0.2) is 0 Å². The molecule has 0 aromatic rings. The van der Waals surface area contributed by atoms with Gasteiger partial charge in [-0.15, -0.1) is 0 Å². The molecule has 1 rings (SSSR count). The molecule has 4 heteroatoms. The van der Waals surface area contributed by atoms with Crippen LogP contribution in [0.2, 0.25) is 0 Å². The van der Waals surface area contributed by atoms with Crippen molar-refractivity contribution in [2.24, 2.45) is 17.3 Å². The average molecular weight is 269 g/mol. The van der Waals surface area contributed by atoms with E-state index in [1.54, 1.807) is 0 Å². The predicted molar refractivity (Wildman–Crippen MR) is 74.8 cm³/mol. The summed E-state index contributed by atoms with van der Waals surface area (Å²) >= 11 is 0. The van der Waals surface area contributed by atoms with Crippen molar-refractivity contribution >= 4 is 11.9 Å². The lowest BCUT2D eigenvalue weighted by atomic mass is 9.89. The Morgan fingerprint density at radius 1 is 1.26 bits per heavy atom. The standard InChI is InChI=1S/C15H27NO3/c1-10(7-8-15(2,3)4)16-13(17)11-5-6-12(9-11)14(18)19/h10-12H,5-9H2,1-4H3,(H,16,17)(H,18,19)/t10?,11-,12+/m1/s1. The summed E-state index contributed by atoms with van der Waals surface area (Å²) in [4.78, 5) is 22.9. The SMILES string of the molecule is CC(CCC(C)(C)C)NC(=O)[C@@H]1CC[C@H](C(=O)O)C1. The summed E-state index contributed by atoms with van der Waals surface area (Å²) in [5.41, 5.74) is 0.279. The molecule has 0 radical (unpaired) electrons. The highest BCUT2D eigenvalue weighted by atomic mass is 16.4. The molecule has 110 valence electrons. The van der Waals surface area contributed by atoms with Crippen molar-refractivity contribution < 1.29 is 14.7 Å². The minimum atomic E-state index is -0.768. The van der Waals surface area contributed by atoms with Crippen LogP contribution in [0.1, 0.15) is 59.8 Å². The highest BCUT2D eigenvalue weighted by molar-refractivity contribution is 5.81. The second-order valence-electron chi connectivity index (χ2n) is 7.05. The third-order valence-corrected chi connectivity index (χ3v) is 3.87. The molecule has 0 saturated heterocycles. The average Bonchev–Trinajstić information content (AvgIpc) is 2.74. The van der Waals surface area contributed by atoms with Crippen molar-refractivity contribution in [2.45, 2.75) is 65.8 Å². The molecule has 1 fully saturated rings. The fourth-order valence-corrected chi connectivity index (χ4v) is 2.53. The fourth-order valence-electron chi connectivity index (χ4n) is 2.53. The Balaban J connectivity index is 2.33. The minimum absolute atomic E-state index is 0.0326. The normalized spacial score (nSPS) is 25.1. The van der Waals surface area contributed by atoms with Crippen molar-refractivity contribution in [3.63, 3.8) is 0 Å². The van der Waals surface area contributed by atoms with Crippen LogP contribution in [0.5, 0.6) is 0 Å². The first-order valence-corrected chi connectivity index (χ1v) is 7.22. The number of carbonyl (C=O) groups excluding carboxylic acids is 1. The number of carboxylic acid groups (broad SMARTS) is 1. The summed E-state index contributed by atoms with van der Waals surface area (Å²) in [5, 5.41) is 12.0. The first kappa shape index (κ1) is 16.0. The molecule has 0 spiro atoms. The summed E-state index contributed by atoms with van der Waals surface area (Å²) in [6.45, 7) is 8.59. The number of carboxylic acids is 1. The van der Waals surface area contributed by atoms with Gasteiger partial charge in [0.2, 0.25) is 5.91 Å². The molecule has 1 amide bonds. The van der Waals surface area contributed by atoms with Gasteiger partial charge in [0.25, 0.3) is 0 Å². The largest absolute Gasteiger partial charge is 0.481 e. The Labute approximate surface area is 116 Å². The first-order valence-electron chi connectivity index (χ1n) is 7.22. The molecule has 0 aliphatic heterocycles. The number of rotatable bonds is 5. The van der Waals surface area contributed by atoms with E-state index in [2.05, 4.69) is 26.1 Å². The molecule has 1 unspecified atom stereocenters. The van der Waals surface area contributed by atoms with Gasteiger partial charge >= 0.3 is 5.97 Å². The van der Waals surface area contributed by atoms with E-state index in [1.807, 2.05) is 6.92 Å². The molecule has 1 saturated carbocycles. The van der Waals surface area contributed by atoms with Crippen LogP contribution in [0.3, 0.4) is 0 Å². The van der Waals surface area contributed by atoms with Gasteiger partial charge in [-0.1, -0.05) is 20.8 Å². The van der Waals surface area contributed by atoms with Crippen LogP contribution in [0.4, 0.5) is 0 Å². The first-order chi connectivity index (χ1) is 8.69. The van der Waals surface area contributed by atoms with E-state index in [-0.39, 0.29) is 29.2 Å². The summed E-state index contributed by atoms with van der Waals surface area (Å²) in [6, 6.07) is 0.163. The second-order valence-corrected chi connectivity index (χ2v) is 7.05. The summed E-state index contributed by atoms with van der Waals surface area (Å²) in [7, 11) is 0. The maximum Gasteiger partial charge on any atom is 0.306 e. The Hall–Kier alpha value is -1.06. The molecule has 19 heavy (non-hydrogen) atoms. The Morgan fingerprint density at radius 2 is 1.84 bits per heavy atom.